The van der Waals surface area contributed by atoms with Crippen molar-refractivity contribution in [3.8, 4) is 0 Å². The highest BCUT2D eigenvalue weighted by Gasteiger charge is 2.08. The van der Waals surface area contributed by atoms with Crippen LogP contribution < -0.4 is 0 Å². The molecule has 1 heterocycles. The van der Waals surface area contributed by atoms with Crippen molar-refractivity contribution in [3.63, 3.8) is 0 Å². The largest absolute Gasteiger partial charge is 0.263 e. The van der Waals surface area contributed by atoms with E-state index < -0.39 is 6.43 Å². The molecule has 0 aliphatic rings. The fourth-order valence-corrected chi connectivity index (χ4v) is 1.67. The van der Waals surface area contributed by atoms with E-state index in [1.165, 1.54) is 18.3 Å². The maximum Gasteiger partial charge on any atom is 0.263 e. The summed E-state index contributed by atoms with van der Waals surface area (Å²) >= 11 is 5.77. The van der Waals surface area contributed by atoms with Crippen LogP contribution >= 0.6 is 11.6 Å². The Balaban J connectivity index is 2.18. The van der Waals surface area contributed by atoms with E-state index in [1.807, 2.05) is 12.1 Å². The predicted molar refractivity (Wildman–Crippen MR) is 63.5 cm³/mol. The number of alkyl halides is 2. The lowest BCUT2D eigenvalue weighted by molar-refractivity contribution is 0.151. The van der Waals surface area contributed by atoms with Crippen molar-refractivity contribution in [1.29, 1.82) is 0 Å². The molecule has 0 amide bonds. The van der Waals surface area contributed by atoms with Crippen LogP contribution in [-0.4, -0.2) is 4.98 Å². The minimum atomic E-state index is -2.46. The molecule has 0 spiro atoms. The molecule has 2 rings (SSSR count). The third-order valence-electron chi connectivity index (χ3n) is 2.39. The highest BCUT2D eigenvalue weighted by molar-refractivity contribution is 6.30. The fourth-order valence-electron chi connectivity index (χ4n) is 1.54. The number of aromatic nitrogens is 1. The Kier molecular flexibility index (Phi) is 3.69. The zero-order chi connectivity index (χ0) is 12.3. The summed E-state index contributed by atoms with van der Waals surface area (Å²) < 4.78 is 25.0. The van der Waals surface area contributed by atoms with E-state index in [-0.39, 0.29) is 5.56 Å². The highest BCUT2D eigenvalue weighted by atomic mass is 35.5. The molecule has 0 atom stereocenters. The fraction of sp³-hybridized carbons (Fsp3) is 0.154. The van der Waals surface area contributed by atoms with Crippen molar-refractivity contribution in [2.75, 3.05) is 0 Å². The first kappa shape index (κ1) is 12.0. The van der Waals surface area contributed by atoms with E-state index in [9.17, 15) is 8.78 Å². The number of hydrogen-bond acceptors (Lipinski definition) is 1. The van der Waals surface area contributed by atoms with Crippen LogP contribution in [-0.2, 0) is 6.42 Å². The number of halogens is 3. The normalized spacial score (nSPS) is 10.8. The molecule has 0 saturated carbocycles. The molecule has 0 unspecified atom stereocenters. The van der Waals surface area contributed by atoms with E-state index in [0.29, 0.717) is 17.1 Å². The zero-order valence-electron chi connectivity index (χ0n) is 8.91. The van der Waals surface area contributed by atoms with Gasteiger partial charge in [-0.15, -0.1) is 0 Å². The zero-order valence-corrected chi connectivity index (χ0v) is 9.66. The van der Waals surface area contributed by atoms with Gasteiger partial charge in [-0.25, -0.2) is 8.78 Å². The average molecular weight is 254 g/mol. The standard InChI is InChI=1S/C13H10ClF2N/c14-11-3-1-9(2-4-11)7-12-8-10(13(15)16)5-6-17-12/h1-6,8,13H,7H2. The van der Waals surface area contributed by atoms with Gasteiger partial charge in [-0.2, -0.15) is 0 Å². The van der Waals surface area contributed by atoms with Crippen LogP contribution in [0.3, 0.4) is 0 Å². The van der Waals surface area contributed by atoms with Gasteiger partial charge in [-0.3, -0.25) is 4.98 Å². The second-order valence-electron chi connectivity index (χ2n) is 3.68. The maximum atomic E-state index is 12.5. The molecular formula is C13H10ClF2N. The molecule has 0 aliphatic carbocycles. The van der Waals surface area contributed by atoms with Crippen molar-refractivity contribution in [1.82, 2.24) is 4.98 Å². The summed E-state index contributed by atoms with van der Waals surface area (Å²) in [6.07, 6.45) is -0.522. The Hall–Kier alpha value is -1.48. The Morgan fingerprint density at radius 3 is 2.47 bits per heavy atom. The van der Waals surface area contributed by atoms with E-state index in [4.69, 9.17) is 11.6 Å². The molecular weight excluding hydrogens is 244 g/mol. The van der Waals surface area contributed by atoms with Crippen LogP contribution in [0.2, 0.25) is 5.02 Å². The molecule has 88 valence electrons. The molecule has 1 aromatic carbocycles. The Morgan fingerprint density at radius 2 is 1.82 bits per heavy atom. The first-order valence-corrected chi connectivity index (χ1v) is 5.50. The maximum absolute atomic E-state index is 12.5. The van der Waals surface area contributed by atoms with Gasteiger partial charge in [-0.1, -0.05) is 23.7 Å². The average Bonchev–Trinajstić information content (AvgIpc) is 2.32. The molecule has 0 aliphatic heterocycles. The van der Waals surface area contributed by atoms with Crippen LogP contribution in [0.15, 0.2) is 42.6 Å². The Morgan fingerprint density at radius 1 is 1.12 bits per heavy atom. The third-order valence-corrected chi connectivity index (χ3v) is 2.64. The number of benzene rings is 1. The number of hydrogen-bond donors (Lipinski definition) is 0. The molecule has 2 aromatic rings. The highest BCUT2D eigenvalue weighted by Crippen LogP contribution is 2.20. The summed E-state index contributed by atoms with van der Waals surface area (Å²) in [4.78, 5) is 4.07. The first-order valence-electron chi connectivity index (χ1n) is 5.12. The molecule has 1 aromatic heterocycles. The van der Waals surface area contributed by atoms with Gasteiger partial charge in [0.15, 0.2) is 0 Å². The summed E-state index contributed by atoms with van der Waals surface area (Å²) in [6.45, 7) is 0. The second-order valence-corrected chi connectivity index (χ2v) is 4.12. The van der Waals surface area contributed by atoms with Gasteiger partial charge >= 0.3 is 0 Å². The summed E-state index contributed by atoms with van der Waals surface area (Å²) in [5.74, 6) is 0. The van der Waals surface area contributed by atoms with Crippen molar-refractivity contribution in [2.45, 2.75) is 12.8 Å². The van der Waals surface area contributed by atoms with Gasteiger partial charge in [-0.05, 0) is 29.8 Å². The molecule has 4 heteroatoms. The van der Waals surface area contributed by atoms with Gasteiger partial charge in [0.05, 0.1) is 0 Å². The smallest absolute Gasteiger partial charge is 0.261 e. The predicted octanol–water partition coefficient (Wildman–Crippen LogP) is 4.26. The first-order chi connectivity index (χ1) is 8.15. The topological polar surface area (TPSA) is 12.9 Å². The third kappa shape index (κ3) is 3.24. The number of pyridine rings is 1. The summed E-state index contributed by atoms with van der Waals surface area (Å²) in [5, 5.41) is 0.656. The monoisotopic (exact) mass is 253 g/mol. The summed E-state index contributed by atoms with van der Waals surface area (Å²) in [7, 11) is 0. The van der Waals surface area contributed by atoms with E-state index in [2.05, 4.69) is 4.98 Å². The summed E-state index contributed by atoms with van der Waals surface area (Å²) in [6, 6.07) is 10.0. The van der Waals surface area contributed by atoms with Crippen LogP contribution in [0.1, 0.15) is 23.2 Å². The second kappa shape index (κ2) is 5.23. The van der Waals surface area contributed by atoms with Gasteiger partial charge < -0.3 is 0 Å². The molecule has 0 radical (unpaired) electrons. The minimum absolute atomic E-state index is 0.00367. The van der Waals surface area contributed by atoms with Gasteiger partial charge in [0.25, 0.3) is 6.43 Å². The van der Waals surface area contributed by atoms with Crippen molar-refractivity contribution >= 4 is 11.6 Å². The molecule has 0 N–H and O–H groups in total. The molecule has 0 bridgehead atoms. The lowest BCUT2D eigenvalue weighted by Gasteiger charge is -2.04. The van der Waals surface area contributed by atoms with Gasteiger partial charge in [0, 0.05) is 28.9 Å². The van der Waals surface area contributed by atoms with Crippen LogP contribution in [0.25, 0.3) is 0 Å². The van der Waals surface area contributed by atoms with Crippen molar-refractivity contribution < 1.29 is 8.78 Å². The Bertz CT molecular complexity index is 497. The van der Waals surface area contributed by atoms with Crippen LogP contribution in [0.4, 0.5) is 8.78 Å². The molecule has 0 fully saturated rings. The molecule has 17 heavy (non-hydrogen) atoms. The van der Waals surface area contributed by atoms with Gasteiger partial charge in [0.2, 0.25) is 0 Å². The Labute approximate surface area is 103 Å². The lowest BCUT2D eigenvalue weighted by atomic mass is 10.1. The number of rotatable bonds is 3. The summed E-state index contributed by atoms with van der Waals surface area (Å²) in [5.41, 5.74) is 1.63. The van der Waals surface area contributed by atoms with Crippen molar-refractivity contribution in [2.24, 2.45) is 0 Å². The van der Waals surface area contributed by atoms with E-state index in [1.54, 1.807) is 12.1 Å². The quantitative estimate of drug-likeness (QED) is 0.796. The lowest BCUT2D eigenvalue weighted by Crippen LogP contribution is -1.94. The number of nitrogens with zero attached hydrogens (tertiary/aromatic N) is 1. The van der Waals surface area contributed by atoms with E-state index >= 15 is 0 Å². The van der Waals surface area contributed by atoms with Gasteiger partial charge in [0.1, 0.15) is 0 Å². The van der Waals surface area contributed by atoms with E-state index in [0.717, 1.165) is 5.56 Å². The van der Waals surface area contributed by atoms with Crippen LogP contribution in [0, 0.1) is 0 Å². The minimum Gasteiger partial charge on any atom is -0.261 e. The molecule has 0 saturated heterocycles. The SMILES string of the molecule is FC(F)c1ccnc(Cc2ccc(Cl)cc2)c1. The molecule has 1 nitrogen and oxygen atoms in total. The van der Waals surface area contributed by atoms with Crippen molar-refractivity contribution in [3.05, 3.63) is 64.4 Å². The van der Waals surface area contributed by atoms with Crippen LogP contribution in [0.5, 0.6) is 0 Å².